The quantitative estimate of drug-likeness (QED) is 0.352. The topological polar surface area (TPSA) is 141 Å². The average Bonchev–Trinajstić information content (AvgIpc) is 3.38. The first kappa shape index (κ1) is 23.7. The third kappa shape index (κ3) is 4.92. The van der Waals surface area contributed by atoms with Gasteiger partial charge in [-0.3, -0.25) is 19.3 Å². The van der Waals surface area contributed by atoms with Crippen molar-refractivity contribution in [3.63, 3.8) is 0 Å². The third-order valence-electron chi connectivity index (χ3n) is 5.03. The number of aliphatic imine (C=N–C) groups is 1. The molecule has 0 aliphatic rings. The Hall–Kier alpha value is -4.45. The number of aromatic nitrogens is 3. The highest BCUT2D eigenvalue weighted by Crippen LogP contribution is 2.28. The number of carbonyl (C=O) groups excluding carboxylic acids is 2. The summed E-state index contributed by atoms with van der Waals surface area (Å²) in [6.07, 6.45) is 2.64. The lowest BCUT2D eigenvalue weighted by atomic mass is 10.1. The highest BCUT2D eigenvalue weighted by molar-refractivity contribution is 7.20. The van der Waals surface area contributed by atoms with Gasteiger partial charge in [0.1, 0.15) is 17.2 Å². The molecule has 0 fully saturated rings. The molecule has 0 aliphatic heterocycles. The van der Waals surface area contributed by atoms with Gasteiger partial charge in [0.05, 0.1) is 15.1 Å². The lowest BCUT2D eigenvalue weighted by molar-refractivity contribution is -0.111. The molecule has 3 heterocycles. The van der Waals surface area contributed by atoms with Gasteiger partial charge in [0.15, 0.2) is 11.6 Å². The Morgan fingerprint density at radius 3 is 2.63 bits per heavy atom. The van der Waals surface area contributed by atoms with Crippen molar-refractivity contribution in [3.05, 3.63) is 76.4 Å². The number of hydrogen-bond donors (Lipinski definition) is 3. The van der Waals surface area contributed by atoms with E-state index in [1.165, 1.54) is 6.07 Å². The summed E-state index contributed by atoms with van der Waals surface area (Å²) in [5, 5.41) is 6.36. The molecule has 9 nitrogen and oxygen atoms in total. The molecular weight excluding hydrogens is 476 g/mol. The number of aryl methyl sites for hydroxylation is 2. The number of halogens is 2. The lowest BCUT2D eigenvalue weighted by Gasteiger charge is -2.11. The highest BCUT2D eigenvalue weighted by Gasteiger charge is 2.20. The van der Waals surface area contributed by atoms with Crippen LogP contribution < -0.4 is 16.8 Å². The number of hydrogen-bond acceptors (Lipinski definition) is 7. The molecule has 2 amide bonds. The van der Waals surface area contributed by atoms with E-state index < -0.39 is 29.1 Å². The fourth-order valence-corrected chi connectivity index (χ4v) is 4.06. The van der Waals surface area contributed by atoms with Gasteiger partial charge in [-0.05, 0) is 43.3 Å². The molecule has 4 rings (SSSR count). The van der Waals surface area contributed by atoms with Crippen molar-refractivity contribution in [2.24, 2.45) is 23.5 Å². The van der Waals surface area contributed by atoms with E-state index in [2.05, 4.69) is 20.4 Å². The zero-order valence-corrected chi connectivity index (χ0v) is 19.4. The van der Waals surface area contributed by atoms with E-state index in [1.54, 1.807) is 43.0 Å². The van der Waals surface area contributed by atoms with Crippen molar-refractivity contribution >= 4 is 56.3 Å². The Kier molecular flexibility index (Phi) is 6.38. The number of carbonyl (C=O) groups is 2. The number of pyridine rings is 1. The third-order valence-corrected chi connectivity index (χ3v) is 6.12. The molecule has 178 valence electrons. The molecule has 0 spiro atoms. The molecule has 0 bridgehead atoms. The molecule has 12 heteroatoms. The number of anilines is 1. The van der Waals surface area contributed by atoms with E-state index in [4.69, 9.17) is 11.5 Å². The fourth-order valence-electron chi connectivity index (χ4n) is 3.15. The first-order valence-electron chi connectivity index (χ1n) is 10.1. The van der Waals surface area contributed by atoms with Crippen molar-refractivity contribution in [1.29, 1.82) is 0 Å². The largest absolute Gasteiger partial charge is 0.398 e. The Morgan fingerprint density at radius 1 is 1.20 bits per heavy atom. The predicted molar refractivity (Wildman–Crippen MR) is 130 cm³/mol. The monoisotopic (exact) mass is 495 g/mol. The summed E-state index contributed by atoms with van der Waals surface area (Å²) in [7, 11) is 1.70. The number of nitrogens with one attached hydrogen (secondary N) is 1. The molecule has 3 aromatic heterocycles. The Bertz CT molecular complexity index is 1490. The summed E-state index contributed by atoms with van der Waals surface area (Å²) in [6.45, 7) is 1.79. The number of fused-ring (bicyclic) bond motifs is 1. The molecule has 5 N–H and O–H groups in total. The second kappa shape index (κ2) is 9.43. The number of rotatable bonds is 6. The van der Waals surface area contributed by atoms with Gasteiger partial charge in [-0.15, -0.1) is 11.3 Å². The van der Waals surface area contributed by atoms with Crippen LogP contribution in [-0.4, -0.2) is 32.3 Å². The highest BCUT2D eigenvalue weighted by atomic mass is 32.1. The molecular formula is C23H19F2N7O2S. The van der Waals surface area contributed by atoms with Gasteiger partial charge in [0.2, 0.25) is 0 Å². The van der Waals surface area contributed by atoms with Gasteiger partial charge >= 0.3 is 0 Å². The Balaban J connectivity index is 1.66. The van der Waals surface area contributed by atoms with E-state index in [9.17, 15) is 14.0 Å². The maximum atomic E-state index is 15.2. The molecule has 0 unspecified atom stereocenters. The van der Waals surface area contributed by atoms with E-state index in [0.717, 1.165) is 39.9 Å². The molecule has 1 aromatic carbocycles. The number of primary amides is 1. The smallest absolute Gasteiger partial charge is 0.267 e. The van der Waals surface area contributed by atoms with Crippen molar-refractivity contribution in [2.45, 2.75) is 6.92 Å². The second-order valence-corrected chi connectivity index (χ2v) is 8.55. The summed E-state index contributed by atoms with van der Waals surface area (Å²) in [5.74, 6) is -3.56. The van der Waals surface area contributed by atoms with Gasteiger partial charge in [-0.2, -0.15) is 5.10 Å². The van der Waals surface area contributed by atoms with E-state index >= 15 is 4.39 Å². The number of amides is 2. The first-order valence-corrected chi connectivity index (χ1v) is 11.0. The van der Waals surface area contributed by atoms with Crippen LogP contribution in [0, 0.1) is 18.6 Å². The minimum Gasteiger partial charge on any atom is -0.398 e. The summed E-state index contributed by atoms with van der Waals surface area (Å²) in [4.78, 5) is 33.0. The average molecular weight is 496 g/mol. The molecule has 35 heavy (non-hydrogen) atoms. The summed E-state index contributed by atoms with van der Waals surface area (Å²) in [6, 6.07) is 8.67. The van der Waals surface area contributed by atoms with E-state index in [0.29, 0.717) is 5.52 Å². The summed E-state index contributed by atoms with van der Waals surface area (Å²) in [5.41, 5.74) is 11.3. The minimum atomic E-state index is -1.12. The summed E-state index contributed by atoms with van der Waals surface area (Å²) < 4.78 is 32.0. The van der Waals surface area contributed by atoms with Gasteiger partial charge in [-0.25, -0.2) is 13.8 Å². The fraction of sp³-hybridized carbons (Fsp3) is 0.0870. The normalized spacial score (nSPS) is 12.2. The van der Waals surface area contributed by atoms with Crippen LogP contribution in [0.25, 0.3) is 15.9 Å². The maximum absolute atomic E-state index is 15.2. The van der Waals surface area contributed by atoms with Crippen LogP contribution in [0.3, 0.4) is 0 Å². The van der Waals surface area contributed by atoms with Crippen LogP contribution in [0.1, 0.15) is 20.9 Å². The SMILES string of the molecule is Cc1cc(N=C(C=C(N)c2ccc(F)c(NC(=O)c3cc4ncccc4s3)c2F)C(N)=O)nn1C. The van der Waals surface area contributed by atoms with Crippen molar-refractivity contribution in [3.8, 4) is 0 Å². The zero-order chi connectivity index (χ0) is 25.3. The lowest BCUT2D eigenvalue weighted by Crippen LogP contribution is -2.22. The van der Waals surface area contributed by atoms with Gasteiger partial charge in [0, 0.05) is 36.3 Å². The van der Waals surface area contributed by atoms with Crippen LogP contribution in [-0.2, 0) is 11.8 Å². The molecule has 0 aliphatic carbocycles. The first-order chi connectivity index (χ1) is 16.6. The van der Waals surface area contributed by atoms with E-state index in [1.807, 2.05) is 0 Å². The second-order valence-electron chi connectivity index (χ2n) is 7.46. The number of nitrogens with two attached hydrogens (primary N) is 2. The number of benzene rings is 1. The molecule has 4 aromatic rings. The maximum Gasteiger partial charge on any atom is 0.267 e. The molecule has 0 saturated carbocycles. The van der Waals surface area contributed by atoms with Crippen molar-refractivity contribution in [2.75, 3.05) is 5.32 Å². The van der Waals surface area contributed by atoms with Gasteiger partial charge in [0.25, 0.3) is 11.8 Å². The van der Waals surface area contributed by atoms with Crippen molar-refractivity contribution < 1.29 is 18.4 Å². The Labute approximate surface area is 201 Å². The minimum absolute atomic E-state index is 0.202. The van der Waals surface area contributed by atoms with Gasteiger partial charge in [-0.1, -0.05) is 0 Å². The Morgan fingerprint density at radius 2 is 1.97 bits per heavy atom. The standard InChI is InChI=1S/C23H19F2N7O2S/c1-11-8-19(31-32(11)2)29-16(22(27)33)9-14(26)12-5-6-13(24)21(20(12)25)30-23(34)18-10-15-17(35-18)4-3-7-28-15/h3-10H,26H2,1-2H3,(H2,27,33)(H,30,34). The van der Waals surface area contributed by atoms with Crippen LogP contribution in [0.5, 0.6) is 0 Å². The van der Waals surface area contributed by atoms with Gasteiger partial charge < -0.3 is 16.8 Å². The molecule has 0 radical (unpaired) electrons. The van der Waals surface area contributed by atoms with E-state index in [-0.39, 0.29) is 27.7 Å². The van der Waals surface area contributed by atoms with Crippen molar-refractivity contribution in [1.82, 2.24) is 14.8 Å². The zero-order valence-electron chi connectivity index (χ0n) is 18.5. The van der Waals surface area contributed by atoms with Crippen LogP contribution >= 0.6 is 11.3 Å². The van der Waals surface area contributed by atoms with Crippen LogP contribution in [0.2, 0.25) is 0 Å². The molecule has 0 saturated heterocycles. The molecule has 0 atom stereocenters. The predicted octanol–water partition coefficient (Wildman–Crippen LogP) is 3.43. The number of thiophene rings is 1. The number of nitrogens with zero attached hydrogens (tertiary/aromatic N) is 4. The van der Waals surface area contributed by atoms with Crippen LogP contribution in [0.15, 0.2) is 53.7 Å². The summed E-state index contributed by atoms with van der Waals surface area (Å²) >= 11 is 1.13. The van der Waals surface area contributed by atoms with Crippen LogP contribution in [0.4, 0.5) is 20.3 Å².